The molecule has 0 N–H and O–H groups in total. The highest BCUT2D eigenvalue weighted by Gasteiger charge is 2.42. The number of fused-ring (bicyclic) bond motifs is 37. The molecular formula is C131H88N6S. The SMILES string of the molecule is CC1(C)c2ccccc2-c2c1c1c(c3cc4c(cc23)Cc2ccccc2C4)c2ccccc2n1-c1ccccc1.c1ccc(-c2ccc(-c3nc(-n4c5ccccc5c5c6c(c7c8ccccc8sc7c54)Cc4cc5ccccc5cc4C6)nc4ccccc34)cc2)cc1.c1ccc(-n2c3ccccc3c3c4c(c5c6ccccc6n(-c6ccccc6)c5c32)Cc2cc3ccccc3cc2C4)cc1. The zero-order valence-electron chi connectivity index (χ0n) is 76.2. The van der Waals surface area contributed by atoms with Crippen LogP contribution in [-0.4, -0.2) is 28.2 Å². The maximum absolute atomic E-state index is 5.52. The van der Waals surface area contributed by atoms with Crippen molar-refractivity contribution in [3.63, 3.8) is 0 Å². The molecule has 6 aromatic heterocycles. The Morgan fingerprint density at radius 3 is 1.14 bits per heavy atom. The summed E-state index contributed by atoms with van der Waals surface area (Å²) in [6.07, 6.45) is 5.66. The molecule has 7 heteroatoms. The molecule has 6 heterocycles. The lowest BCUT2D eigenvalue weighted by atomic mass is 9.79. The van der Waals surface area contributed by atoms with E-state index in [4.69, 9.17) is 9.97 Å². The number of para-hydroxylation sites is 8. The van der Waals surface area contributed by atoms with E-state index in [9.17, 15) is 0 Å². The Bertz CT molecular complexity index is 9670. The number of thiophene rings is 1. The van der Waals surface area contributed by atoms with E-state index in [0.29, 0.717) is 5.95 Å². The molecule has 27 aromatic rings. The number of rotatable bonds is 6. The first-order valence-corrected chi connectivity index (χ1v) is 49.2. The van der Waals surface area contributed by atoms with Crippen molar-refractivity contribution in [2.45, 2.75) is 57.8 Å². The minimum absolute atomic E-state index is 0.123. The Kier molecular flexibility index (Phi) is 17.4. The summed E-state index contributed by atoms with van der Waals surface area (Å²) in [5, 5.41) is 22.5. The second kappa shape index (κ2) is 30.6. The number of benzene rings is 21. The van der Waals surface area contributed by atoms with E-state index in [1.807, 2.05) is 11.3 Å². The smallest absolute Gasteiger partial charge is 0.235 e. The fourth-order valence-electron chi connectivity index (χ4n) is 24.9. The van der Waals surface area contributed by atoms with E-state index in [-0.39, 0.29) is 5.41 Å². The summed E-state index contributed by atoms with van der Waals surface area (Å²) in [4.78, 5) is 10.9. The summed E-state index contributed by atoms with van der Waals surface area (Å²) in [6, 6.07) is 156. The molecule has 0 spiro atoms. The molecule has 0 bridgehead atoms. The van der Waals surface area contributed by atoms with E-state index in [1.54, 1.807) is 0 Å². The third-order valence-electron chi connectivity index (χ3n) is 30.9. The van der Waals surface area contributed by atoms with Crippen LogP contribution in [0.1, 0.15) is 91.7 Å². The Labute approximate surface area is 801 Å². The van der Waals surface area contributed by atoms with Gasteiger partial charge in [-0.2, -0.15) is 0 Å². The molecular weight excluding hydrogens is 1690 g/mol. The molecule has 0 unspecified atom stereocenters. The van der Waals surface area contributed by atoms with Crippen LogP contribution in [-0.2, 0) is 43.9 Å². The van der Waals surface area contributed by atoms with Gasteiger partial charge in [0.25, 0.3) is 0 Å². The molecule has 0 saturated carbocycles. The molecule has 0 saturated heterocycles. The third kappa shape index (κ3) is 11.8. The lowest BCUT2D eigenvalue weighted by Crippen LogP contribution is -2.16. The summed E-state index contributed by atoms with van der Waals surface area (Å²) < 4.78 is 12.5. The summed E-state index contributed by atoms with van der Waals surface area (Å²) in [5.74, 6) is 0.697. The molecule has 4 aliphatic carbocycles. The predicted octanol–water partition coefficient (Wildman–Crippen LogP) is 33.3. The summed E-state index contributed by atoms with van der Waals surface area (Å²) in [5.41, 5.74) is 41.9. The Morgan fingerprint density at radius 2 is 0.623 bits per heavy atom. The van der Waals surface area contributed by atoms with Gasteiger partial charge in [-0.1, -0.05) is 354 Å². The number of hydrogen-bond donors (Lipinski definition) is 0. The quantitative estimate of drug-likeness (QED) is 0.167. The largest absolute Gasteiger partial charge is 0.309 e. The van der Waals surface area contributed by atoms with Gasteiger partial charge in [-0.25, -0.2) is 9.97 Å². The molecule has 31 rings (SSSR count). The predicted molar refractivity (Wildman–Crippen MR) is 580 cm³/mol. The molecule has 6 nitrogen and oxygen atoms in total. The van der Waals surface area contributed by atoms with Gasteiger partial charge in [0.05, 0.1) is 60.0 Å². The fraction of sp³-hybridized carbons (Fsp3) is 0.0687. The normalized spacial score (nSPS) is 13.3. The van der Waals surface area contributed by atoms with Crippen molar-refractivity contribution in [2.24, 2.45) is 0 Å². The third-order valence-corrected chi connectivity index (χ3v) is 32.1. The molecule has 21 aromatic carbocycles. The van der Waals surface area contributed by atoms with Crippen molar-refractivity contribution in [3.05, 3.63) is 503 Å². The number of hydrogen-bond acceptors (Lipinski definition) is 3. The van der Waals surface area contributed by atoms with Crippen LogP contribution in [0.25, 0.3) is 207 Å². The number of nitrogens with zero attached hydrogens (tertiary/aromatic N) is 6. The second-order valence-corrected chi connectivity index (χ2v) is 39.8. The molecule has 0 aliphatic heterocycles. The first-order chi connectivity index (χ1) is 68.2. The fourth-order valence-corrected chi connectivity index (χ4v) is 26.2. The molecule has 0 radical (unpaired) electrons. The lowest BCUT2D eigenvalue weighted by Gasteiger charge is -2.25. The first kappa shape index (κ1) is 78.6. The summed E-state index contributed by atoms with van der Waals surface area (Å²) in [7, 11) is 0. The van der Waals surface area contributed by atoms with Gasteiger partial charge in [-0.15, -0.1) is 11.3 Å². The van der Waals surface area contributed by atoms with E-state index in [0.717, 1.165) is 66.2 Å². The molecule has 0 atom stereocenters. The van der Waals surface area contributed by atoms with Crippen LogP contribution in [0.2, 0.25) is 0 Å². The summed E-state index contributed by atoms with van der Waals surface area (Å²) >= 11 is 1.90. The van der Waals surface area contributed by atoms with Crippen molar-refractivity contribution in [1.29, 1.82) is 0 Å². The zero-order chi connectivity index (χ0) is 90.7. The lowest BCUT2D eigenvalue weighted by molar-refractivity contribution is 0.664. The van der Waals surface area contributed by atoms with Crippen LogP contribution in [0.5, 0.6) is 0 Å². The van der Waals surface area contributed by atoms with Crippen LogP contribution in [0, 0.1) is 0 Å². The van der Waals surface area contributed by atoms with Crippen molar-refractivity contribution in [2.75, 3.05) is 0 Å². The van der Waals surface area contributed by atoms with Gasteiger partial charge in [0.15, 0.2) is 0 Å². The van der Waals surface area contributed by atoms with Crippen molar-refractivity contribution in [3.8, 4) is 56.5 Å². The molecule has 4 aliphatic rings. The molecule has 648 valence electrons. The minimum Gasteiger partial charge on any atom is -0.309 e. The first-order valence-electron chi connectivity index (χ1n) is 48.4. The Balaban J connectivity index is 0.000000101. The average Bonchev–Trinajstić information content (AvgIpc) is 1.52. The topological polar surface area (TPSA) is 45.5 Å². The van der Waals surface area contributed by atoms with Crippen LogP contribution in [0.4, 0.5) is 0 Å². The van der Waals surface area contributed by atoms with Gasteiger partial charge in [-0.3, -0.25) is 4.57 Å². The number of aromatic nitrogens is 6. The van der Waals surface area contributed by atoms with E-state index in [2.05, 4.69) is 457 Å². The van der Waals surface area contributed by atoms with E-state index >= 15 is 0 Å². The molecule has 138 heavy (non-hydrogen) atoms. The highest BCUT2D eigenvalue weighted by molar-refractivity contribution is 7.26. The van der Waals surface area contributed by atoms with Crippen LogP contribution < -0.4 is 0 Å². The maximum Gasteiger partial charge on any atom is 0.235 e. The van der Waals surface area contributed by atoms with Gasteiger partial charge in [0.1, 0.15) is 0 Å². The Hall–Kier alpha value is -16.8. The minimum atomic E-state index is -0.123. The van der Waals surface area contributed by atoms with Crippen LogP contribution in [0.15, 0.2) is 425 Å². The summed E-state index contributed by atoms with van der Waals surface area (Å²) in [6.45, 7) is 4.84. The second-order valence-electron chi connectivity index (χ2n) is 38.7. The average molecular weight is 1780 g/mol. The van der Waals surface area contributed by atoms with Gasteiger partial charge >= 0.3 is 0 Å². The van der Waals surface area contributed by atoms with Crippen molar-refractivity contribution < 1.29 is 0 Å². The molecule has 0 fully saturated rings. The zero-order valence-corrected chi connectivity index (χ0v) is 77.1. The van der Waals surface area contributed by atoms with Crippen LogP contribution in [0.3, 0.4) is 0 Å². The highest BCUT2D eigenvalue weighted by atomic mass is 32.1. The van der Waals surface area contributed by atoms with Gasteiger partial charge in [0, 0.05) is 92.0 Å². The van der Waals surface area contributed by atoms with Gasteiger partial charge < -0.3 is 13.7 Å². The van der Waals surface area contributed by atoms with Gasteiger partial charge in [-0.05, 0) is 256 Å². The van der Waals surface area contributed by atoms with Crippen LogP contribution >= 0.6 is 11.3 Å². The highest BCUT2D eigenvalue weighted by Crippen LogP contribution is 2.59. The van der Waals surface area contributed by atoms with E-state index < -0.39 is 0 Å². The maximum atomic E-state index is 5.52. The van der Waals surface area contributed by atoms with E-state index in [1.165, 1.54) is 251 Å². The van der Waals surface area contributed by atoms with Gasteiger partial charge in [0.2, 0.25) is 5.95 Å². The monoisotopic (exact) mass is 1780 g/mol. The van der Waals surface area contributed by atoms with Crippen molar-refractivity contribution >= 4 is 162 Å². The molecule has 0 amide bonds. The standard InChI is InChI=1S/C50H31N3S.C42H28N2.C39H29N/c1-2-12-30(13-3-1)31-22-24-32(25-23-31)47-37-16-6-9-19-42(37)51-50(52-47)53-43-20-10-7-17-38(43)45-40-28-35-26-33-14-4-5-15-34(33)27-36(35)29-41(40)46-39-18-8-11-21-44(39)54-49(46)48(45)53;1-3-15-31(16-4-1)43-37-21-11-9-19-33(37)39-35-25-29-23-27-13-7-8-14-28(27)24-30(29)26-36(35)40-34-20-10-12-22-38(34)44(42(40)41(39)43)32-17-5-2-6-18-32;1-39(2)33-18-10-8-16-29(33)35-31-22-26-20-24-12-6-7-13-25(24)21-27(26)23-32(31)36-30-17-9-11-19-34(30)40(38(36)37(35)39)28-14-4-3-5-15-28/h1-27H,28-29H2;1-24H,25-26H2;3-19,22-23H,20-21H2,1-2H3. The Morgan fingerprint density at radius 1 is 0.254 bits per heavy atom. The van der Waals surface area contributed by atoms with Crippen molar-refractivity contribution in [1.82, 2.24) is 28.2 Å².